The first-order valence-corrected chi connectivity index (χ1v) is 11.4. The molecule has 8 nitrogen and oxygen atoms in total. The highest BCUT2D eigenvalue weighted by Gasteiger charge is 2.34. The first kappa shape index (κ1) is 22.8. The molecule has 33 heavy (non-hydrogen) atoms. The van der Waals surface area contributed by atoms with Crippen LogP contribution in [0.5, 0.6) is 0 Å². The smallest absolute Gasteiger partial charge is 0.254 e. The quantitative estimate of drug-likeness (QED) is 0.535. The molecule has 174 valence electrons. The first-order chi connectivity index (χ1) is 15.7. The summed E-state index contributed by atoms with van der Waals surface area (Å²) in [5.74, 6) is 0.583. The molecule has 2 aromatic heterocycles. The standard InChI is InChI=1S/C25H31N5O3/c1-15(2)30-23(26)21(24(27)32)22(28-30)17-8-6-16(7-9-17)12-19(31)13-18-14-20(33-29-18)25(3)10-4-5-11-25/h6-9,14-15H,4-5,10-13,26H2,1-3H3,(H2,27,32). The highest BCUT2D eigenvalue weighted by atomic mass is 16.5. The van der Waals surface area contributed by atoms with Gasteiger partial charge >= 0.3 is 0 Å². The molecule has 8 heteroatoms. The van der Waals surface area contributed by atoms with E-state index < -0.39 is 5.91 Å². The van der Waals surface area contributed by atoms with Crippen LogP contribution >= 0.6 is 0 Å². The molecular weight excluding hydrogens is 418 g/mol. The molecule has 0 spiro atoms. The largest absolute Gasteiger partial charge is 0.383 e. The number of Topliss-reactive ketones (excluding diaryl/α,β-unsaturated/α-hetero) is 1. The van der Waals surface area contributed by atoms with Gasteiger partial charge in [-0.2, -0.15) is 5.10 Å². The summed E-state index contributed by atoms with van der Waals surface area (Å²) < 4.78 is 7.16. The third-order valence-electron chi connectivity index (χ3n) is 6.55. The Morgan fingerprint density at radius 3 is 2.42 bits per heavy atom. The maximum atomic E-state index is 12.6. The number of anilines is 1. The summed E-state index contributed by atoms with van der Waals surface area (Å²) in [7, 11) is 0. The summed E-state index contributed by atoms with van der Waals surface area (Å²) in [6, 6.07) is 9.30. The number of aromatic nitrogens is 3. The predicted octanol–water partition coefficient (Wildman–Crippen LogP) is 3.99. The van der Waals surface area contributed by atoms with E-state index in [9.17, 15) is 9.59 Å². The number of primary amides is 1. The van der Waals surface area contributed by atoms with Gasteiger partial charge in [0.2, 0.25) is 0 Å². The monoisotopic (exact) mass is 449 g/mol. The Morgan fingerprint density at radius 1 is 1.15 bits per heavy atom. The van der Waals surface area contributed by atoms with Gasteiger partial charge in [0.25, 0.3) is 5.91 Å². The van der Waals surface area contributed by atoms with Crippen molar-refractivity contribution in [1.82, 2.24) is 14.9 Å². The summed E-state index contributed by atoms with van der Waals surface area (Å²) in [5.41, 5.74) is 14.6. The average Bonchev–Trinajstić information content (AvgIpc) is 3.48. The number of hydrogen-bond donors (Lipinski definition) is 2. The fourth-order valence-electron chi connectivity index (χ4n) is 4.64. The topological polar surface area (TPSA) is 130 Å². The number of benzene rings is 1. The van der Waals surface area contributed by atoms with Crippen molar-refractivity contribution in [3.63, 3.8) is 0 Å². The minimum Gasteiger partial charge on any atom is -0.383 e. The Labute approximate surface area is 193 Å². The second-order valence-electron chi connectivity index (χ2n) is 9.55. The van der Waals surface area contributed by atoms with Crippen LogP contribution in [0.1, 0.15) is 79.9 Å². The van der Waals surface area contributed by atoms with E-state index in [4.69, 9.17) is 16.0 Å². The van der Waals surface area contributed by atoms with Crippen LogP contribution in [0.2, 0.25) is 0 Å². The summed E-state index contributed by atoms with van der Waals surface area (Å²) in [6.45, 7) is 6.06. The fraction of sp³-hybridized carbons (Fsp3) is 0.440. The summed E-state index contributed by atoms with van der Waals surface area (Å²) in [5, 5.41) is 8.62. The molecular formula is C25H31N5O3. The van der Waals surface area contributed by atoms with Crippen LogP contribution in [0, 0.1) is 0 Å². The SMILES string of the molecule is CC(C)n1nc(-c2ccc(CC(=O)Cc3cc(C4(C)CCCC4)on3)cc2)c(C(N)=O)c1N. The molecule has 1 aromatic carbocycles. The predicted molar refractivity (Wildman–Crippen MR) is 126 cm³/mol. The Balaban J connectivity index is 1.45. The van der Waals surface area contributed by atoms with Crippen LogP contribution in [0.4, 0.5) is 5.82 Å². The summed E-state index contributed by atoms with van der Waals surface area (Å²) in [4.78, 5) is 24.6. The van der Waals surface area contributed by atoms with E-state index in [1.54, 1.807) is 4.68 Å². The van der Waals surface area contributed by atoms with Gasteiger partial charge in [-0.25, -0.2) is 4.68 Å². The van der Waals surface area contributed by atoms with Crippen LogP contribution in [-0.2, 0) is 23.1 Å². The average molecular weight is 450 g/mol. The molecule has 3 aromatic rings. The second-order valence-corrected chi connectivity index (χ2v) is 9.55. The van der Waals surface area contributed by atoms with Gasteiger partial charge in [0.1, 0.15) is 28.6 Å². The molecule has 0 bridgehead atoms. The lowest BCUT2D eigenvalue weighted by Crippen LogP contribution is -2.15. The lowest BCUT2D eigenvalue weighted by Gasteiger charge is -2.18. The maximum Gasteiger partial charge on any atom is 0.254 e. The molecule has 1 aliphatic rings. The number of carbonyl (C=O) groups excluding carboxylic acids is 2. The van der Waals surface area contributed by atoms with E-state index in [0.29, 0.717) is 11.4 Å². The Hall–Kier alpha value is -3.42. The van der Waals surface area contributed by atoms with E-state index >= 15 is 0 Å². The molecule has 1 saturated carbocycles. The van der Waals surface area contributed by atoms with Gasteiger partial charge < -0.3 is 16.0 Å². The van der Waals surface area contributed by atoms with Crippen molar-refractivity contribution >= 4 is 17.5 Å². The summed E-state index contributed by atoms with van der Waals surface area (Å²) >= 11 is 0. The molecule has 0 unspecified atom stereocenters. The molecule has 0 aliphatic heterocycles. The Kier molecular flexibility index (Phi) is 6.10. The molecule has 1 amide bonds. The fourth-order valence-corrected chi connectivity index (χ4v) is 4.64. The van der Waals surface area contributed by atoms with Crippen molar-refractivity contribution in [2.24, 2.45) is 5.73 Å². The molecule has 0 radical (unpaired) electrons. The molecule has 4 N–H and O–H groups in total. The molecule has 2 heterocycles. The van der Waals surface area contributed by atoms with E-state index in [1.165, 1.54) is 12.8 Å². The number of amides is 1. The van der Waals surface area contributed by atoms with Gasteiger partial charge in [0, 0.05) is 29.5 Å². The first-order valence-electron chi connectivity index (χ1n) is 11.4. The number of hydrogen-bond acceptors (Lipinski definition) is 6. The van der Waals surface area contributed by atoms with Crippen molar-refractivity contribution in [2.75, 3.05) is 5.73 Å². The van der Waals surface area contributed by atoms with Gasteiger partial charge in [-0.3, -0.25) is 9.59 Å². The van der Waals surface area contributed by atoms with Crippen LogP contribution in [-0.4, -0.2) is 26.6 Å². The van der Waals surface area contributed by atoms with Crippen molar-refractivity contribution in [3.8, 4) is 11.3 Å². The number of rotatable bonds is 8. The zero-order chi connectivity index (χ0) is 23.8. The molecule has 0 atom stereocenters. The maximum absolute atomic E-state index is 12.6. The van der Waals surface area contributed by atoms with Crippen molar-refractivity contribution in [2.45, 2.75) is 70.8 Å². The van der Waals surface area contributed by atoms with E-state index in [0.717, 1.165) is 29.7 Å². The number of nitrogens with zero attached hydrogens (tertiary/aromatic N) is 3. The number of nitrogens with two attached hydrogens (primary N) is 2. The minimum atomic E-state index is -0.618. The zero-order valence-electron chi connectivity index (χ0n) is 19.4. The second kappa shape index (κ2) is 8.84. The van der Waals surface area contributed by atoms with Crippen LogP contribution < -0.4 is 11.5 Å². The van der Waals surface area contributed by atoms with Crippen molar-refractivity contribution < 1.29 is 14.1 Å². The van der Waals surface area contributed by atoms with Crippen LogP contribution in [0.3, 0.4) is 0 Å². The number of nitrogen functional groups attached to an aromatic ring is 1. The number of carbonyl (C=O) groups is 2. The van der Waals surface area contributed by atoms with Crippen molar-refractivity contribution in [1.29, 1.82) is 0 Å². The van der Waals surface area contributed by atoms with Crippen molar-refractivity contribution in [3.05, 3.63) is 52.9 Å². The van der Waals surface area contributed by atoms with Gasteiger partial charge in [-0.05, 0) is 32.3 Å². The highest BCUT2D eigenvalue weighted by molar-refractivity contribution is 6.03. The van der Waals surface area contributed by atoms with E-state index in [1.807, 2.05) is 44.2 Å². The summed E-state index contributed by atoms with van der Waals surface area (Å²) in [6.07, 6.45) is 5.12. The van der Waals surface area contributed by atoms with Crippen LogP contribution in [0.15, 0.2) is 34.9 Å². The number of ketones is 1. The van der Waals surface area contributed by atoms with E-state index in [-0.39, 0.29) is 41.5 Å². The molecule has 1 aliphatic carbocycles. The van der Waals surface area contributed by atoms with Crippen LogP contribution in [0.25, 0.3) is 11.3 Å². The van der Waals surface area contributed by atoms with Gasteiger partial charge in [-0.1, -0.05) is 49.2 Å². The van der Waals surface area contributed by atoms with Gasteiger partial charge in [-0.15, -0.1) is 0 Å². The zero-order valence-corrected chi connectivity index (χ0v) is 19.4. The van der Waals surface area contributed by atoms with Gasteiger partial charge in [0.15, 0.2) is 0 Å². The minimum absolute atomic E-state index is 0.0120. The third-order valence-corrected chi connectivity index (χ3v) is 6.55. The lowest BCUT2D eigenvalue weighted by atomic mass is 9.86. The van der Waals surface area contributed by atoms with E-state index in [2.05, 4.69) is 17.2 Å². The lowest BCUT2D eigenvalue weighted by molar-refractivity contribution is -0.117. The highest BCUT2D eigenvalue weighted by Crippen LogP contribution is 2.40. The Morgan fingerprint density at radius 2 is 1.82 bits per heavy atom. The molecule has 0 saturated heterocycles. The van der Waals surface area contributed by atoms with Gasteiger partial charge in [0.05, 0.1) is 12.1 Å². The third kappa shape index (κ3) is 4.55. The Bertz CT molecular complexity index is 1170. The normalized spacial score (nSPS) is 15.3. The molecule has 1 fully saturated rings. The molecule has 4 rings (SSSR count).